The normalized spacial score (nSPS) is 11.8. The predicted octanol–water partition coefficient (Wildman–Crippen LogP) is 6.44. The van der Waals surface area contributed by atoms with Crippen molar-refractivity contribution in [3.05, 3.63) is 54.1 Å². The molecule has 0 amide bonds. The average molecular weight is 356 g/mol. The molecule has 3 heteroatoms. The van der Waals surface area contributed by atoms with Crippen LogP contribution in [0, 0.1) is 0 Å². The van der Waals surface area contributed by atoms with Crippen molar-refractivity contribution < 1.29 is 9.47 Å². The number of para-hydroxylation sites is 1. The van der Waals surface area contributed by atoms with Gasteiger partial charge in [0.25, 0.3) is 0 Å². The topological polar surface area (TPSA) is 30.5 Å². The highest BCUT2D eigenvalue weighted by molar-refractivity contribution is 5.49. The number of hydrogen-bond acceptors (Lipinski definition) is 3. The Morgan fingerprint density at radius 2 is 1.81 bits per heavy atom. The van der Waals surface area contributed by atoms with E-state index in [2.05, 4.69) is 56.4 Å². The van der Waals surface area contributed by atoms with Crippen molar-refractivity contribution in [3.63, 3.8) is 0 Å². The van der Waals surface area contributed by atoms with Gasteiger partial charge < -0.3 is 14.8 Å². The van der Waals surface area contributed by atoms with Crippen LogP contribution in [0.25, 0.3) is 0 Å². The number of ether oxygens (including phenoxy) is 2. The second kappa shape index (κ2) is 11.5. The van der Waals surface area contributed by atoms with E-state index < -0.39 is 0 Å². The van der Waals surface area contributed by atoms with Gasteiger partial charge >= 0.3 is 0 Å². The average Bonchev–Trinajstić information content (AvgIpc) is 2.67. The first kappa shape index (κ1) is 20.2. The summed E-state index contributed by atoms with van der Waals surface area (Å²) in [5, 5.41) is 3.48. The highest BCUT2D eigenvalue weighted by Gasteiger charge is 2.05. The molecule has 0 heterocycles. The van der Waals surface area contributed by atoms with Crippen LogP contribution in [0.5, 0.6) is 11.5 Å². The second-order valence-electron chi connectivity index (χ2n) is 6.73. The first-order chi connectivity index (χ1) is 12.7. The van der Waals surface area contributed by atoms with Gasteiger partial charge in [-0.2, -0.15) is 0 Å². The number of rotatable bonds is 12. The van der Waals surface area contributed by atoms with E-state index in [9.17, 15) is 0 Å². The van der Waals surface area contributed by atoms with Crippen molar-refractivity contribution in [2.24, 2.45) is 0 Å². The number of hydrogen-bond donors (Lipinski definition) is 1. The van der Waals surface area contributed by atoms with E-state index in [0.29, 0.717) is 0 Å². The molecule has 3 nitrogen and oxygen atoms in total. The van der Waals surface area contributed by atoms with E-state index in [1.165, 1.54) is 24.8 Å². The molecule has 0 aromatic heterocycles. The summed E-state index contributed by atoms with van der Waals surface area (Å²) in [4.78, 5) is 0. The van der Waals surface area contributed by atoms with Crippen molar-refractivity contribution in [2.45, 2.75) is 65.5 Å². The lowest BCUT2D eigenvalue weighted by atomic mass is 10.2. The number of nitrogens with one attached hydrogen (secondary N) is 1. The van der Waals surface area contributed by atoms with Gasteiger partial charge in [-0.15, -0.1) is 0 Å². The monoisotopic (exact) mass is 355 g/mol. The lowest BCUT2D eigenvalue weighted by Crippen LogP contribution is -2.10. The zero-order chi connectivity index (χ0) is 18.6. The van der Waals surface area contributed by atoms with Crippen molar-refractivity contribution in [1.82, 2.24) is 0 Å². The maximum absolute atomic E-state index is 6.00. The molecule has 0 saturated heterocycles. The number of benzene rings is 2. The maximum Gasteiger partial charge on any atom is 0.124 e. The quantitative estimate of drug-likeness (QED) is 0.445. The van der Waals surface area contributed by atoms with Gasteiger partial charge in [-0.05, 0) is 38.0 Å². The zero-order valence-corrected chi connectivity index (χ0v) is 16.5. The smallest absolute Gasteiger partial charge is 0.124 e. The van der Waals surface area contributed by atoms with Crippen LogP contribution in [0.4, 0.5) is 5.69 Å². The fourth-order valence-electron chi connectivity index (χ4n) is 2.69. The summed E-state index contributed by atoms with van der Waals surface area (Å²) >= 11 is 0. The van der Waals surface area contributed by atoms with Gasteiger partial charge in [-0.25, -0.2) is 0 Å². The summed E-state index contributed by atoms with van der Waals surface area (Å²) in [6.45, 7) is 7.97. The fourth-order valence-corrected chi connectivity index (χ4v) is 2.69. The molecule has 142 valence electrons. The molecule has 0 aliphatic heterocycles. The van der Waals surface area contributed by atoms with Crippen molar-refractivity contribution in [2.75, 3.05) is 11.9 Å². The summed E-state index contributed by atoms with van der Waals surface area (Å²) < 4.78 is 11.9. The molecule has 0 spiro atoms. The minimum Gasteiger partial charge on any atom is -0.493 e. The van der Waals surface area contributed by atoms with Gasteiger partial charge in [0.2, 0.25) is 0 Å². The van der Waals surface area contributed by atoms with Gasteiger partial charge in [0, 0.05) is 23.9 Å². The molecule has 0 bridgehead atoms. The van der Waals surface area contributed by atoms with E-state index in [4.69, 9.17) is 9.47 Å². The third-order valence-electron chi connectivity index (χ3n) is 4.46. The van der Waals surface area contributed by atoms with Crippen LogP contribution in [0.1, 0.15) is 58.4 Å². The SMILES string of the molecule is CCCCCCOc1ccccc1CNc1cccc(OC(C)CC)c1. The molecule has 2 rings (SSSR count). The Morgan fingerprint density at radius 1 is 0.962 bits per heavy atom. The van der Waals surface area contributed by atoms with Gasteiger partial charge in [0.05, 0.1) is 12.7 Å². The highest BCUT2D eigenvalue weighted by Crippen LogP contribution is 2.23. The summed E-state index contributed by atoms with van der Waals surface area (Å²) in [6.07, 6.45) is 6.11. The lowest BCUT2D eigenvalue weighted by Gasteiger charge is -2.15. The predicted molar refractivity (Wildman–Crippen MR) is 110 cm³/mol. The third kappa shape index (κ3) is 6.99. The van der Waals surface area contributed by atoms with E-state index in [1.54, 1.807) is 0 Å². The Labute approximate surface area is 158 Å². The van der Waals surface area contributed by atoms with Crippen LogP contribution in [0.15, 0.2) is 48.5 Å². The van der Waals surface area contributed by atoms with E-state index in [-0.39, 0.29) is 6.10 Å². The first-order valence-electron chi connectivity index (χ1n) is 9.94. The minimum absolute atomic E-state index is 0.229. The summed E-state index contributed by atoms with van der Waals surface area (Å²) in [7, 11) is 0. The minimum atomic E-state index is 0.229. The zero-order valence-electron chi connectivity index (χ0n) is 16.5. The Balaban J connectivity index is 1.90. The van der Waals surface area contributed by atoms with Crippen molar-refractivity contribution in [3.8, 4) is 11.5 Å². The number of anilines is 1. The van der Waals surface area contributed by atoms with Crippen molar-refractivity contribution >= 4 is 5.69 Å². The van der Waals surface area contributed by atoms with Gasteiger partial charge in [0.15, 0.2) is 0 Å². The molecule has 0 aliphatic carbocycles. The van der Waals surface area contributed by atoms with E-state index >= 15 is 0 Å². The molecule has 0 radical (unpaired) electrons. The Hall–Kier alpha value is -2.16. The largest absolute Gasteiger partial charge is 0.493 e. The molecule has 1 atom stereocenters. The fraction of sp³-hybridized carbons (Fsp3) is 0.478. The Bertz CT molecular complexity index is 642. The molecule has 1 N–H and O–H groups in total. The first-order valence-corrected chi connectivity index (χ1v) is 9.94. The molecule has 2 aromatic rings. The Morgan fingerprint density at radius 3 is 2.62 bits per heavy atom. The summed E-state index contributed by atoms with van der Waals surface area (Å²) in [5.41, 5.74) is 2.24. The van der Waals surface area contributed by atoms with Gasteiger partial charge in [-0.1, -0.05) is 57.4 Å². The van der Waals surface area contributed by atoms with E-state index in [0.717, 1.165) is 43.2 Å². The number of unbranched alkanes of at least 4 members (excludes halogenated alkanes) is 3. The van der Waals surface area contributed by atoms with Crippen LogP contribution >= 0.6 is 0 Å². The second-order valence-corrected chi connectivity index (χ2v) is 6.73. The van der Waals surface area contributed by atoms with Crippen LogP contribution in [-0.2, 0) is 6.54 Å². The van der Waals surface area contributed by atoms with E-state index in [1.807, 2.05) is 18.2 Å². The van der Waals surface area contributed by atoms with Crippen LogP contribution in [0.3, 0.4) is 0 Å². The van der Waals surface area contributed by atoms with Gasteiger partial charge in [-0.3, -0.25) is 0 Å². The maximum atomic E-state index is 6.00. The Kier molecular flexibility index (Phi) is 8.88. The molecule has 26 heavy (non-hydrogen) atoms. The molecular formula is C23H33NO2. The molecular weight excluding hydrogens is 322 g/mol. The molecule has 1 unspecified atom stereocenters. The molecule has 0 fully saturated rings. The van der Waals surface area contributed by atoms with Crippen LogP contribution in [-0.4, -0.2) is 12.7 Å². The summed E-state index contributed by atoms with van der Waals surface area (Å²) in [5.74, 6) is 1.88. The van der Waals surface area contributed by atoms with Gasteiger partial charge in [0.1, 0.15) is 11.5 Å². The summed E-state index contributed by atoms with van der Waals surface area (Å²) in [6, 6.07) is 16.4. The highest BCUT2D eigenvalue weighted by atomic mass is 16.5. The molecule has 0 aliphatic rings. The van der Waals surface area contributed by atoms with Crippen molar-refractivity contribution in [1.29, 1.82) is 0 Å². The molecule has 0 saturated carbocycles. The lowest BCUT2D eigenvalue weighted by molar-refractivity contribution is 0.217. The third-order valence-corrected chi connectivity index (χ3v) is 4.46. The standard InChI is InChI=1S/C23H33NO2/c1-4-6-7-10-16-25-23-15-9-8-12-20(23)18-24-21-13-11-14-22(17-21)26-19(3)5-2/h8-9,11-15,17,19,24H,4-7,10,16,18H2,1-3H3. The van der Waals surface area contributed by atoms with Crippen LogP contribution in [0.2, 0.25) is 0 Å². The van der Waals surface area contributed by atoms with Crippen LogP contribution < -0.4 is 14.8 Å². The molecule has 2 aromatic carbocycles.